The summed E-state index contributed by atoms with van der Waals surface area (Å²) >= 11 is 5.67. The fourth-order valence-corrected chi connectivity index (χ4v) is 3.23. The van der Waals surface area contributed by atoms with Crippen LogP contribution in [0.2, 0.25) is 5.02 Å². The Bertz CT molecular complexity index is 1190. The molecule has 178 valence electrons. The van der Waals surface area contributed by atoms with Crippen molar-refractivity contribution in [3.05, 3.63) is 77.1 Å². The number of benzene rings is 2. The summed E-state index contributed by atoms with van der Waals surface area (Å²) < 4.78 is 45.2. The monoisotopic (exact) mass is 492 g/mol. The zero-order chi connectivity index (χ0) is 24.9. The van der Waals surface area contributed by atoms with Crippen LogP contribution in [0.1, 0.15) is 23.0 Å². The Morgan fingerprint density at radius 2 is 1.76 bits per heavy atom. The maximum Gasteiger partial charge on any atom is 0.417 e. The minimum absolute atomic E-state index is 0.0567. The Labute approximate surface area is 198 Å². The van der Waals surface area contributed by atoms with Crippen molar-refractivity contribution in [2.24, 2.45) is 0 Å². The molecular weight excluding hydrogens is 473 g/mol. The fraction of sp³-hybridized carbons (Fsp3) is 0.174. The van der Waals surface area contributed by atoms with Gasteiger partial charge in [-0.3, -0.25) is 14.7 Å². The fourth-order valence-electron chi connectivity index (χ4n) is 3.00. The molecule has 0 atom stereocenters. The lowest BCUT2D eigenvalue weighted by atomic mass is 10.2. The van der Waals surface area contributed by atoms with Crippen molar-refractivity contribution >= 4 is 34.9 Å². The standard InChI is InChI=1S/C23H20ClF3N4O3/c1-3-31(15-6-9-19(24)18(12-15)23(25,26)27)22(33)30-14-4-7-16(8-5-14)34-17-10-11-29-20(13-17)21(32)28-2/h4-13H,3H2,1-2H3,(H,28,32)(H,30,33). The van der Waals surface area contributed by atoms with Crippen molar-refractivity contribution in [1.82, 2.24) is 10.3 Å². The lowest BCUT2D eigenvalue weighted by Crippen LogP contribution is -2.35. The van der Waals surface area contributed by atoms with Gasteiger partial charge in [0.2, 0.25) is 0 Å². The number of rotatable bonds is 6. The molecule has 2 aromatic carbocycles. The summed E-state index contributed by atoms with van der Waals surface area (Å²) in [6.45, 7) is 1.77. The van der Waals surface area contributed by atoms with E-state index >= 15 is 0 Å². The van der Waals surface area contributed by atoms with E-state index in [1.165, 1.54) is 25.4 Å². The van der Waals surface area contributed by atoms with Gasteiger partial charge in [-0.2, -0.15) is 13.2 Å². The molecule has 0 aliphatic rings. The second kappa shape index (κ2) is 10.4. The average Bonchev–Trinajstić information content (AvgIpc) is 2.80. The number of urea groups is 1. The lowest BCUT2D eigenvalue weighted by molar-refractivity contribution is -0.137. The van der Waals surface area contributed by atoms with Gasteiger partial charge in [-0.05, 0) is 55.5 Å². The van der Waals surface area contributed by atoms with Crippen molar-refractivity contribution in [2.45, 2.75) is 13.1 Å². The number of nitrogens with one attached hydrogen (secondary N) is 2. The van der Waals surface area contributed by atoms with Gasteiger partial charge in [-0.25, -0.2) is 4.79 Å². The van der Waals surface area contributed by atoms with Gasteiger partial charge in [0.05, 0.1) is 10.6 Å². The number of hydrogen-bond acceptors (Lipinski definition) is 4. The first-order chi connectivity index (χ1) is 16.1. The molecule has 0 aliphatic carbocycles. The zero-order valence-corrected chi connectivity index (χ0v) is 18.9. The minimum Gasteiger partial charge on any atom is -0.457 e. The summed E-state index contributed by atoms with van der Waals surface area (Å²) in [6.07, 6.45) is -3.20. The van der Waals surface area contributed by atoms with Gasteiger partial charge in [0.1, 0.15) is 17.2 Å². The normalized spacial score (nSPS) is 11.0. The predicted molar refractivity (Wildman–Crippen MR) is 123 cm³/mol. The third-order valence-electron chi connectivity index (χ3n) is 4.66. The molecule has 0 saturated heterocycles. The smallest absolute Gasteiger partial charge is 0.417 e. The Hall–Kier alpha value is -3.79. The van der Waals surface area contributed by atoms with Gasteiger partial charge in [0, 0.05) is 37.2 Å². The molecule has 11 heteroatoms. The number of anilines is 2. The van der Waals surface area contributed by atoms with E-state index < -0.39 is 22.8 Å². The molecule has 1 aromatic heterocycles. The summed E-state index contributed by atoms with van der Waals surface area (Å²) in [5.74, 6) is 0.477. The highest BCUT2D eigenvalue weighted by atomic mass is 35.5. The van der Waals surface area contributed by atoms with Crippen LogP contribution >= 0.6 is 11.6 Å². The second-order valence-electron chi connectivity index (χ2n) is 6.92. The highest BCUT2D eigenvalue weighted by molar-refractivity contribution is 6.31. The molecule has 0 spiro atoms. The first-order valence-electron chi connectivity index (χ1n) is 10.0. The van der Waals surface area contributed by atoms with Crippen molar-refractivity contribution in [1.29, 1.82) is 0 Å². The number of carbonyl (C=O) groups is 2. The van der Waals surface area contributed by atoms with Gasteiger partial charge in [-0.15, -0.1) is 0 Å². The van der Waals surface area contributed by atoms with E-state index in [4.69, 9.17) is 16.3 Å². The van der Waals surface area contributed by atoms with E-state index in [1.807, 2.05) is 0 Å². The molecule has 7 nitrogen and oxygen atoms in total. The molecule has 0 fully saturated rings. The van der Waals surface area contributed by atoms with Crippen LogP contribution in [0.3, 0.4) is 0 Å². The number of halogens is 4. The van der Waals surface area contributed by atoms with Crippen LogP contribution in [0.15, 0.2) is 60.8 Å². The number of carbonyl (C=O) groups excluding carboxylic acids is 2. The van der Waals surface area contributed by atoms with Crippen LogP contribution in [0, 0.1) is 0 Å². The van der Waals surface area contributed by atoms with E-state index in [0.717, 1.165) is 17.0 Å². The summed E-state index contributed by atoms with van der Waals surface area (Å²) in [5.41, 5.74) is -0.364. The van der Waals surface area contributed by atoms with Gasteiger partial charge in [0.15, 0.2) is 0 Å². The Morgan fingerprint density at radius 3 is 2.38 bits per heavy atom. The van der Waals surface area contributed by atoms with Crippen LogP contribution in [-0.2, 0) is 6.18 Å². The molecule has 34 heavy (non-hydrogen) atoms. The van der Waals surface area contributed by atoms with Crippen LogP contribution in [0.25, 0.3) is 0 Å². The number of aromatic nitrogens is 1. The molecule has 2 N–H and O–H groups in total. The number of amides is 3. The molecule has 3 aromatic rings. The number of ether oxygens (including phenoxy) is 1. The third kappa shape index (κ3) is 5.96. The molecule has 1 heterocycles. The summed E-state index contributed by atoms with van der Waals surface area (Å²) in [4.78, 5) is 29.5. The van der Waals surface area contributed by atoms with Crippen LogP contribution < -0.4 is 20.3 Å². The summed E-state index contributed by atoms with van der Waals surface area (Å²) in [6, 6.07) is 12.1. The van der Waals surface area contributed by atoms with Crippen molar-refractivity contribution in [3.63, 3.8) is 0 Å². The SMILES string of the molecule is CCN(C(=O)Nc1ccc(Oc2ccnc(C(=O)NC)c2)cc1)c1ccc(Cl)c(C(F)(F)F)c1. The topological polar surface area (TPSA) is 83.6 Å². The van der Waals surface area contributed by atoms with E-state index in [2.05, 4.69) is 15.6 Å². The van der Waals surface area contributed by atoms with Crippen LogP contribution in [0.4, 0.5) is 29.3 Å². The minimum atomic E-state index is -4.64. The van der Waals surface area contributed by atoms with Crippen molar-refractivity contribution in [3.8, 4) is 11.5 Å². The quantitative estimate of drug-likeness (QED) is 0.444. The van der Waals surface area contributed by atoms with E-state index in [1.54, 1.807) is 37.3 Å². The van der Waals surface area contributed by atoms with Crippen LogP contribution in [-0.4, -0.2) is 30.5 Å². The first-order valence-corrected chi connectivity index (χ1v) is 10.4. The molecule has 3 amide bonds. The van der Waals surface area contributed by atoms with E-state index in [9.17, 15) is 22.8 Å². The molecule has 0 saturated carbocycles. The van der Waals surface area contributed by atoms with Gasteiger partial charge in [-0.1, -0.05) is 11.6 Å². The molecule has 3 rings (SSSR count). The van der Waals surface area contributed by atoms with Gasteiger partial charge < -0.3 is 15.4 Å². The van der Waals surface area contributed by atoms with Crippen molar-refractivity contribution in [2.75, 3.05) is 23.8 Å². The largest absolute Gasteiger partial charge is 0.457 e. The molecule has 0 unspecified atom stereocenters. The van der Waals surface area contributed by atoms with Gasteiger partial charge in [0.25, 0.3) is 5.91 Å². The molecular formula is C23H20ClF3N4O3. The second-order valence-corrected chi connectivity index (χ2v) is 7.33. The molecule has 0 bridgehead atoms. The summed E-state index contributed by atoms with van der Waals surface area (Å²) in [7, 11) is 1.49. The zero-order valence-electron chi connectivity index (χ0n) is 18.1. The maximum atomic E-state index is 13.2. The Balaban J connectivity index is 1.71. The Kier molecular flexibility index (Phi) is 7.62. The maximum absolute atomic E-state index is 13.2. The highest BCUT2D eigenvalue weighted by Gasteiger charge is 2.34. The first kappa shape index (κ1) is 24.8. The summed E-state index contributed by atoms with van der Waals surface area (Å²) in [5, 5.41) is 4.67. The third-order valence-corrected chi connectivity index (χ3v) is 4.99. The van der Waals surface area contributed by atoms with E-state index in [-0.39, 0.29) is 23.8 Å². The Morgan fingerprint density at radius 1 is 1.06 bits per heavy atom. The van der Waals surface area contributed by atoms with Crippen LogP contribution in [0.5, 0.6) is 11.5 Å². The number of hydrogen-bond donors (Lipinski definition) is 2. The molecule has 0 radical (unpaired) electrons. The van der Waals surface area contributed by atoms with Crippen molar-refractivity contribution < 1.29 is 27.5 Å². The highest BCUT2D eigenvalue weighted by Crippen LogP contribution is 2.37. The lowest BCUT2D eigenvalue weighted by Gasteiger charge is -2.23. The van der Waals surface area contributed by atoms with Gasteiger partial charge >= 0.3 is 12.2 Å². The number of pyridine rings is 1. The number of alkyl halides is 3. The average molecular weight is 493 g/mol. The predicted octanol–water partition coefficient (Wildman–Crippen LogP) is 5.96. The van der Waals surface area contributed by atoms with E-state index in [0.29, 0.717) is 17.2 Å². The number of nitrogens with zero attached hydrogens (tertiary/aromatic N) is 2. The molecule has 0 aliphatic heterocycles.